The third-order valence-corrected chi connectivity index (χ3v) is 6.01. The number of ether oxygens (including phenoxy) is 3. The Morgan fingerprint density at radius 3 is 2.15 bits per heavy atom. The number of rotatable bonds is 7. The zero-order valence-corrected chi connectivity index (χ0v) is 19.2. The number of benzene rings is 3. The molecule has 1 heterocycles. The second kappa shape index (κ2) is 10.9. The second-order valence-corrected chi connectivity index (χ2v) is 8.20. The van der Waals surface area contributed by atoms with Crippen LogP contribution >= 0.6 is 0 Å². The first-order chi connectivity index (χ1) is 16.5. The molecule has 0 aliphatic carbocycles. The largest absolute Gasteiger partial charge is 0.494 e. The molecule has 6 heteroatoms. The highest BCUT2D eigenvalue weighted by Crippen LogP contribution is 2.33. The molecule has 4 rings (SSSR count). The van der Waals surface area contributed by atoms with Gasteiger partial charge in [0.25, 0.3) is 0 Å². The van der Waals surface area contributed by atoms with Crippen molar-refractivity contribution in [2.24, 2.45) is 0 Å². The fraction of sp³-hybridized carbons (Fsp3) is 0.286. The SMILES string of the molecule is C/C=C/CCC1OCC(c2ccc(-c3ccc(-c4ccc(OC)c(F)c4F)cc3)c(F)c2)CO1. The summed E-state index contributed by atoms with van der Waals surface area (Å²) >= 11 is 0. The molecule has 34 heavy (non-hydrogen) atoms. The highest BCUT2D eigenvalue weighted by Gasteiger charge is 2.24. The Kier molecular flexibility index (Phi) is 7.70. The molecule has 1 fully saturated rings. The van der Waals surface area contributed by atoms with Crippen LogP contribution in [0.1, 0.15) is 31.2 Å². The van der Waals surface area contributed by atoms with Gasteiger partial charge in [0, 0.05) is 23.5 Å². The zero-order valence-electron chi connectivity index (χ0n) is 19.2. The van der Waals surface area contributed by atoms with Crippen LogP contribution in [0.25, 0.3) is 22.3 Å². The number of halogens is 3. The number of hydrogen-bond acceptors (Lipinski definition) is 3. The summed E-state index contributed by atoms with van der Waals surface area (Å²) in [6.45, 7) is 2.95. The fourth-order valence-electron chi connectivity index (χ4n) is 4.06. The van der Waals surface area contributed by atoms with Crippen molar-refractivity contribution >= 4 is 0 Å². The van der Waals surface area contributed by atoms with Gasteiger partial charge in [-0.05, 0) is 48.2 Å². The third-order valence-electron chi connectivity index (χ3n) is 6.01. The lowest BCUT2D eigenvalue weighted by Gasteiger charge is -2.29. The van der Waals surface area contributed by atoms with Crippen molar-refractivity contribution in [3.63, 3.8) is 0 Å². The third kappa shape index (κ3) is 5.18. The number of allylic oxidation sites excluding steroid dienone is 2. The Morgan fingerprint density at radius 1 is 0.882 bits per heavy atom. The molecule has 0 radical (unpaired) electrons. The molecule has 0 aromatic heterocycles. The lowest BCUT2D eigenvalue weighted by Crippen LogP contribution is -2.30. The predicted molar refractivity (Wildman–Crippen MR) is 126 cm³/mol. The van der Waals surface area contributed by atoms with E-state index in [1.54, 1.807) is 30.3 Å². The van der Waals surface area contributed by atoms with E-state index in [-0.39, 0.29) is 29.3 Å². The predicted octanol–water partition coefficient (Wildman–Crippen LogP) is 7.26. The van der Waals surface area contributed by atoms with Crippen LogP contribution in [0.4, 0.5) is 13.2 Å². The first-order valence-corrected chi connectivity index (χ1v) is 11.3. The smallest absolute Gasteiger partial charge is 0.201 e. The molecule has 0 N–H and O–H groups in total. The van der Waals surface area contributed by atoms with Crippen molar-refractivity contribution in [2.45, 2.75) is 32.0 Å². The lowest BCUT2D eigenvalue weighted by molar-refractivity contribution is -0.189. The summed E-state index contributed by atoms with van der Waals surface area (Å²) in [4.78, 5) is 0. The fourth-order valence-corrected chi connectivity index (χ4v) is 4.06. The van der Waals surface area contributed by atoms with Crippen LogP contribution in [0.5, 0.6) is 5.75 Å². The van der Waals surface area contributed by atoms with Crippen LogP contribution in [-0.2, 0) is 9.47 Å². The molecule has 0 bridgehead atoms. The summed E-state index contributed by atoms with van der Waals surface area (Å²) in [5.74, 6) is -2.56. The van der Waals surface area contributed by atoms with Crippen molar-refractivity contribution in [2.75, 3.05) is 20.3 Å². The van der Waals surface area contributed by atoms with Gasteiger partial charge in [-0.3, -0.25) is 0 Å². The maximum absolute atomic E-state index is 15.0. The Balaban J connectivity index is 1.46. The van der Waals surface area contributed by atoms with E-state index in [0.29, 0.717) is 29.9 Å². The molecular weight excluding hydrogens is 441 g/mol. The van der Waals surface area contributed by atoms with E-state index < -0.39 is 11.6 Å². The Labute approximate surface area is 197 Å². The van der Waals surface area contributed by atoms with E-state index in [0.717, 1.165) is 18.4 Å². The molecule has 0 atom stereocenters. The van der Waals surface area contributed by atoms with E-state index in [1.807, 2.05) is 19.1 Å². The molecular formula is C28H27F3O3. The monoisotopic (exact) mass is 468 g/mol. The molecule has 1 saturated heterocycles. The molecule has 0 amide bonds. The van der Waals surface area contributed by atoms with Crippen molar-refractivity contribution in [1.82, 2.24) is 0 Å². The summed E-state index contributed by atoms with van der Waals surface area (Å²) in [6.07, 6.45) is 5.55. The number of hydrogen-bond donors (Lipinski definition) is 0. The molecule has 0 unspecified atom stereocenters. The maximum atomic E-state index is 15.0. The van der Waals surface area contributed by atoms with E-state index >= 15 is 0 Å². The Bertz CT molecular complexity index is 1150. The Morgan fingerprint density at radius 2 is 1.53 bits per heavy atom. The van der Waals surface area contributed by atoms with E-state index in [2.05, 4.69) is 6.08 Å². The molecule has 0 saturated carbocycles. The van der Waals surface area contributed by atoms with Crippen molar-refractivity contribution in [3.05, 3.63) is 89.8 Å². The normalized spacial score (nSPS) is 18.4. The van der Waals surface area contributed by atoms with Gasteiger partial charge in [0.05, 0.1) is 20.3 Å². The molecule has 3 aromatic carbocycles. The van der Waals surface area contributed by atoms with Crippen LogP contribution in [0, 0.1) is 17.5 Å². The molecule has 178 valence electrons. The van der Waals surface area contributed by atoms with Gasteiger partial charge in [0.1, 0.15) is 5.82 Å². The lowest BCUT2D eigenvalue weighted by atomic mass is 9.95. The first-order valence-electron chi connectivity index (χ1n) is 11.3. The average Bonchev–Trinajstić information content (AvgIpc) is 2.86. The quantitative estimate of drug-likeness (QED) is 0.342. The summed E-state index contributed by atoms with van der Waals surface area (Å²) < 4.78 is 59.8. The molecule has 3 nitrogen and oxygen atoms in total. The van der Waals surface area contributed by atoms with Crippen molar-refractivity contribution < 1.29 is 27.4 Å². The second-order valence-electron chi connectivity index (χ2n) is 8.20. The maximum Gasteiger partial charge on any atom is 0.201 e. The van der Waals surface area contributed by atoms with E-state index in [9.17, 15) is 13.2 Å². The average molecular weight is 469 g/mol. The van der Waals surface area contributed by atoms with Crippen LogP contribution in [0.3, 0.4) is 0 Å². The van der Waals surface area contributed by atoms with Crippen LogP contribution in [0.15, 0.2) is 66.7 Å². The summed E-state index contributed by atoms with van der Waals surface area (Å²) in [5, 5.41) is 0. The van der Waals surface area contributed by atoms with Crippen molar-refractivity contribution in [1.29, 1.82) is 0 Å². The highest BCUT2D eigenvalue weighted by atomic mass is 19.2. The summed E-state index contributed by atoms with van der Waals surface area (Å²) in [5.41, 5.74) is 2.49. The summed E-state index contributed by atoms with van der Waals surface area (Å²) in [6, 6.07) is 14.6. The molecule has 3 aromatic rings. The van der Waals surface area contributed by atoms with Gasteiger partial charge >= 0.3 is 0 Å². The van der Waals surface area contributed by atoms with E-state index in [4.69, 9.17) is 14.2 Å². The van der Waals surface area contributed by atoms with Gasteiger partial charge in [0.2, 0.25) is 5.82 Å². The van der Waals surface area contributed by atoms with Crippen molar-refractivity contribution in [3.8, 4) is 28.0 Å². The van der Waals surface area contributed by atoms with Gasteiger partial charge in [-0.25, -0.2) is 8.78 Å². The summed E-state index contributed by atoms with van der Waals surface area (Å²) in [7, 11) is 1.28. The zero-order chi connectivity index (χ0) is 24.1. The standard InChI is InChI=1S/C28H27F3O3/c1-3-4-5-6-26-33-16-21(17-34-26)20-11-12-22(24(29)15-20)18-7-9-19(10-8-18)23-13-14-25(32-2)28(31)27(23)30/h3-4,7-15,21,26H,5-6,16-17H2,1-2H3/b4-3+. The first kappa shape index (κ1) is 24.0. The van der Waals surface area contributed by atoms with Crippen LogP contribution in [0.2, 0.25) is 0 Å². The minimum atomic E-state index is -1.04. The number of methoxy groups -OCH3 is 1. The minimum absolute atomic E-state index is 0.0307. The van der Waals surface area contributed by atoms with Gasteiger partial charge < -0.3 is 14.2 Å². The van der Waals surface area contributed by atoms with Gasteiger partial charge in [-0.2, -0.15) is 4.39 Å². The molecule has 1 aliphatic heterocycles. The Hall–Kier alpha value is -3.09. The van der Waals surface area contributed by atoms with E-state index in [1.165, 1.54) is 25.3 Å². The van der Waals surface area contributed by atoms with Crippen LogP contribution in [-0.4, -0.2) is 26.6 Å². The van der Waals surface area contributed by atoms with Gasteiger partial charge in [0.15, 0.2) is 17.9 Å². The van der Waals surface area contributed by atoms with Gasteiger partial charge in [-0.15, -0.1) is 0 Å². The minimum Gasteiger partial charge on any atom is -0.494 e. The van der Waals surface area contributed by atoms with Gasteiger partial charge in [-0.1, -0.05) is 48.6 Å². The molecule has 1 aliphatic rings. The highest BCUT2D eigenvalue weighted by molar-refractivity contribution is 5.71. The topological polar surface area (TPSA) is 27.7 Å². The van der Waals surface area contributed by atoms with Crippen LogP contribution < -0.4 is 4.74 Å². The molecule has 0 spiro atoms.